The van der Waals surface area contributed by atoms with Crippen molar-refractivity contribution < 1.29 is 9.59 Å². The predicted octanol–water partition coefficient (Wildman–Crippen LogP) is 2.33. The minimum atomic E-state index is -0.193. The van der Waals surface area contributed by atoms with Gasteiger partial charge in [-0.25, -0.2) is 0 Å². The smallest absolute Gasteiger partial charge is 0.226 e. The fourth-order valence-electron chi connectivity index (χ4n) is 4.35. The van der Waals surface area contributed by atoms with E-state index in [1.165, 1.54) is 0 Å². The molecule has 0 aromatic carbocycles. The van der Waals surface area contributed by atoms with Crippen molar-refractivity contribution in [1.29, 1.82) is 0 Å². The molecule has 2 fully saturated rings. The molecule has 0 unspecified atom stereocenters. The van der Waals surface area contributed by atoms with Crippen molar-refractivity contribution in [3.05, 3.63) is 17.5 Å². The Hall–Kier alpha value is -1.85. The van der Waals surface area contributed by atoms with E-state index in [9.17, 15) is 9.59 Å². The molecule has 25 heavy (non-hydrogen) atoms. The third kappa shape index (κ3) is 3.88. The van der Waals surface area contributed by atoms with Crippen LogP contribution in [0.15, 0.2) is 6.20 Å². The number of aromatic nitrogens is 2. The normalized spacial score (nSPS) is 25.0. The van der Waals surface area contributed by atoms with E-state index in [1.54, 1.807) is 4.68 Å². The number of carbonyl (C=O) groups excluding carboxylic acids is 2. The topological polar surface area (TPSA) is 67.2 Å². The van der Waals surface area contributed by atoms with Gasteiger partial charge in [-0.1, -0.05) is 12.8 Å². The Balaban J connectivity index is 1.68. The molecule has 1 N–H and O–H groups in total. The van der Waals surface area contributed by atoms with Crippen LogP contribution in [0.2, 0.25) is 0 Å². The molecule has 0 spiro atoms. The Bertz CT molecular complexity index is 633. The summed E-state index contributed by atoms with van der Waals surface area (Å²) in [5, 5.41) is 7.48. The fraction of sp³-hybridized carbons (Fsp3) is 0.737. The van der Waals surface area contributed by atoms with Crippen molar-refractivity contribution in [2.24, 2.45) is 18.9 Å². The van der Waals surface area contributed by atoms with Crippen molar-refractivity contribution in [1.82, 2.24) is 20.0 Å². The zero-order valence-electron chi connectivity index (χ0n) is 15.6. The highest BCUT2D eigenvalue weighted by Crippen LogP contribution is 2.33. The van der Waals surface area contributed by atoms with Gasteiger partial charge in [-0.05, 0) is 39.5 Å². The zero-order valence-corrected chi connectivity index (χ0v) is 15.6. The van der Waals surface area contributed by atoms with E-state index in [0.717, 1.165) is 62.9 Å². The number of nitrogens with one attached hydrogen (secondary N) is 1. The third-order valence-corrected chi connectivity index (χ3v) is 5.71. The van der Waals surface area contributed by atoms with Crippen LogP contribution in [0.5, 0.6) is 0 Å². The van der Waals surface area contributed by atoms with Crippen LogP contribution >= 0.6 is 0 Å². The van der Waals surface area contributed by atoms with E-state index in [4.69, 9.17) is 0 Å². The number of rotatable bonds is 4. The van der Waals surface area contributed by atoms with Crippen LogP contribution in [0.1, 0.15) is 62.7 Å². The molecule has 2 aliphatic rings. The van der Waals surface area contributed by atoms with Crippen LogP contribution in [0, 0.1) is 18.8 Å². The highest BCUT2D eigenvalue weighted by molar-refractivity contribution is 5.88. The number of aryl methyl sites for hydroxylation is 2. The van der Waals surface area contributed by atoms with Crippen molar-refractivity contribution in [3.8, 4) is 0 Å². The van der Waals surface area contributed by atoms with E-state index in [0.29, 0.717) is 0 Å². The SMILES string of the molecule is Cc1nn(C)cc1[C@H](C)NC(=O)[C@@H]1CCCC[C@H]1C(=O)N1CCCC1. The average molecular weight is 346 g/mol. The molecule has 1 saturated carbocycles. The Labute approximate surface area is 149 Å². The summed E-state index contributed by atoms with van der Waals surface area (Å²) in [5.74, 6) is -0.120. The van der Waals surface area contributed by atoms with Gasteiger partial charge in [-0.2, -0.15) is 5.10 Å². The van der Waals surface area contributed by atoms with Crippen LogP contribution < -0.4 is 5.32 Å². The summed E-state index contributed by atoms with van der Waals surface area (Å²) in [7, 11) is 1.89. The number of amides is 2. The lowest BCUT2D eigenvalue weighted by Crippen LogP contribution is -2.45. The van der Waals surface area contributed by atoms with Crippen LogP contribution in [0.25, 0.3) is 0 Å². The van der Waals surface area contributed by atoms with Gasteiger partial charge in [0.25, 0.3) is 0 Å². The molecule has 6 heteroatoms. The highest BCUT2D eigenvalue weighted by Gasteiger charge is 2.38. The third-order valence-electron chi connectivity index (χ3n) is 5.71. The van der Waals surface area contributed by atoms with Crippen molar-refractivity contribution in [2.75, 3.05) is 13.1 Å². The first-order valence-electron chi connectivity index (χ1n) is 9.56. The first-order chi connectivity index (χ1) is 12.0. The summed E-state index contributed by atoms with van der Waals surface area (Å²) in [4.78, 5) is 27.7. The second-order valence-electron chi connectivity index (χ2n) is 7.60. The van der Waals surface area contributed by atoms with Gasteiger partial charge in [0.1, 0.15) is 0 Å². The Morgan fingerprint density at radius 1 is 1.16 bits per heavy atom. The van der Waals surface area contributed by atoms with Crippen LogP contribution in [0.3, 0.4) is 0 Å². The molecule has 1 aliphatic heterocycles. The maximum atomic E-state index is 12.9. The van der Waals surface area contributed by atoms with Crippen LogP contribution in [-0.2, 0) is 16.6 Å². The minimum Gasteiger partial charge on any atom is -0.349 e. The molecule has 3 atom stereocenters. The summed E-state index contributed by atoms with van der Waals surface area (Å²) in [6.45, 7) is 5.66. The first kappa shape index (κ1) is 18.0. The number of hydrogen-bond acceptors (Lipinski definition) is 3. The Morgan fingerprint density at radius 2 is 1.80 bits per heavy atom. The lowest BCUT2D eigenvalue weighted by molar-refractivity contribution is -0.143. The van der Waals surface area contributed by atoms with Crippen molar-refractivity contribution in [3.63, 3.8) is 0 Å². The van der Waals surface area contributed by atoms with Gasteiger partial charge in [-0.15, -0.1) is 0 Å². The molecule has 138 valence electrons. The summed E-state index contributed by atoms with van der Waals surface area (Å²) < 4.78 is 1.77. The highest BCUT2D eigenvalue weighted by atomic mass is 16.2. The second-order valence-corrected chi connectivity index (χ2v) is 7.60. The van der Waals surface area contributed by atoms with Crippen molar-refractivity contribution >= 4 is 11.8 Å². The van der Waals surface area contributed by atoms with Gasteiger partial charge in [0, 0.05) is 43.7 Å². The standard InChI is InChI=1S/C19H30N4O2/c1-13(17-12-22(3)21-14(17)2)20-18(24)15-8-4-5-9-16(15)19(25)23-10-6-7-11-23/h12-13,15-16H,4-11H2,1-3H3,(H,20,24)/t13-,15+,16+/m0/s1. The quantitative estimate of drug-likeness (QED) is 0.910. The lowest BCUT2D eigenvalue weighted by Gasteiger charge is -2.33. The van der Waals surface area contributed by atoms with E-state index in [-0.39, 0.29) is 29.7 Å². The largest absolute Gasteiger partial charge is 0.349 e. The molecule has 2 heterocycles. The van der Waals surface area contributed by atoms with Gasteiger partial charge in [0.15, 0.2) is 0 Å². The number of carbonyl (C=O) groups is 2. The number of nitrogens with zero attached hydrogens (tertiary/aromatic N) is 3. The number of hydrogen-bond donors (Lipinski definition) is 1. The Kier molecular flexibility index (Phi) is 5.45. The molecule has 1 aliphatic carbocycles. The summed E-state index contributed by atoms with van der Waals surface area (Å²) in [6.07, 6.45) is 7.86. The maximum absolute atomic E-state index is 12.9. The molecule has 2 amide bonds. The predicted molar refractivity (Wildman–Crippen MR) is 95.8 cm³/mol. The van der Waals surface area contributed by atoms with E-state index < -0.39 is 0 Å². The van der Waals surface area contributed by atoms with E-state index in [1.807, 2.05) is 32.0 Å². The van der Waals surface area contributed by atoms with Gasteiger partial charge in [0.05, 0.1) is 11.7 Å². The Morgan fingerprint density at radius 3 is 2.40 bits per heavy atom. The first-order valence-corrected chi connectivity index (χ1v) is 9.56. The van der Waals surface area contributed by atoms with E-state index >= 15 is 0 Å². The molecule has 6 nitrogen and oxygen atoms in total. The van der Waals surface area contributed by atoms with Crippen molar-refractivity contribution in [2.45, 2.75) is 58.4 Å². The molecule has 1 saturated heterocycles. The second kappa shape index (κ2) is 7.58. The van der Waals surface area contributed by atoms with E-state index in [2.05, 4.69) is 10.4 Å². The molecular weight excluding hydrogens is 316 g/mol. The monoisotopic (exact) mass is 346 g/mol. The molecule has 3 rings (SSSR count). The minimum absolute atomic E-state index is 0.0213. The summed E-state index contributed by atoms with van der Waals surface area (Å²) in [5.41, 5.74) is 1.97. The van der Waals surface area contributed by atoms with Gasteiger partial charge in [-0.3, -0.25) is 14.3 Å². The lowest BCUT2D eigenvalue weighted by atomic mass is 9.77. The molecular formula is C19H30N4O2. The average Bonchev–Trinajstić information content (AvgIpc) is 3.23. The molecule has 0 radical (unpaired) electrons. The molecule has 1 aromatic rings. The molecule has 0 bridgehead atoms. The van der Waals surface area contributed by atoms with Gasteiger partial charge in [0.2, 0.25) is 11.8 Å². The van der Waals surface area contributed by atoms with Gasteiger partial charge < -0.3 is 10.2 Å². The van der Waals surface area contributed by atoms with Crippen LogP contribution in [-0.4, -0.2) is 39.6 Å². The maximum Gasteiger partial charge on any atom is 0.226 e. The summed E-state index contributed by atoms with van der Waals surface area (Å²) >= 11 is 0. The number of likely N-dealkylation sites (tertiary alicyclic amines) is 1. The van der Waals surface area contributed by atoms with Crippen LogP contribution in [0.4, 0.5) is 0 Å². The van der Waals surface area contributed by atoms with Gasteiger partial charge >= 0.3 is 0 Å². The summed E-state index contributed by atoms with van der Waals surface area (Å²) in [6, 6.07) is -0.0920. The zero-order chi connectivity index (χ0) is 18.0. The molecule has 1 aromatic heterocycles. The fourth-order valence-corrected chi connectivity index (χ4v) is 4.35.